The van der Waals surface area contributed by atoms with Crippen molar-refractivity contribution in [3.05, 3.63) is 0 Å². The standard InChI is InChI=1S/C16H32N2O/c1-12(2)9-15-10-18(13(3)7-8-17-15)11-16-6-5-14(4)19-16/h12-17H,5-11H2,1-4H3. The summed E-state index contributed by atoms with van der Waals surface area (Å²) in [5.41, 5.74) is 0. The van der Waals surface area contributed by atoms with E-state index >= 15 is 0 Å². The Morgan fingerprint density at radius 3 is 2.63 bits per heavy atom. The summed E-state index contributed by atoms with van der Waals surface area (Å²) in [6, 6.07) is 1.34. The highest BCUT2D eigenvalue weighted by molar-refractivity contribution is 4.84. The van der Waals surface area contributed by atoms with E-state index in [9.17, 15) is 0 Å². The van der Waals surface area contributed by atoms with Crippen LogP contribution in [0.4, 0.5) is 0 Å². The lowest BCUT2D eigenvalue weighted by atomic mass is 10.0. The van der Waals surface area contributed by atoms with Crippen molar-refractivity contribution in [3.8, 4) is 0 Å². The molecule has 0 amide bonds. The van der Waals surface area contributed by atoms with Gasteiger partial charge in [-0.1, -0.05) is 13.8 Å². The van der Waals surface area contributed by atoms with E-state index in [1.165, 1.54) is 32.2 Å². The second-order valence-electron chi connectivity index (χ2n) is 7.02. The zero-order chi connectivity index (χ0) is 13.8. The van der Waals surface area contributed by atoms with E-state index in [-0.39, 0.29) is 0 Å². The van der Waals surface area contributed by atoms with Gasteiger partial charge in [0, 0.05) is 25.2 Å². The van der Waals surface area contributed by atoms with Gasteiger partial charge in [-0.25, -0.2) is 0 Å². The van der Waals surface area contributed by atoms with Crippen molar-refractivity contribution in [2.45, 2.75) is 77.7 Å². The highest BCUT2D eigenvalue weighted by atomic mass is 16.5. The number of nitrogens with zero attached hydrogens (tertiary/aromatic N) is 1. The Hall–Kier alpha value is -0.120. The lowest BCUT2D eigenvalue weighted by Gasteiger charge is -2.31. The molecule has 0 saturated carbocycles. The third-order valence-corrected chi connectivity index (χ3v) is 4.59. The largest absolute Gasteiger partial charge is 0.374 e. The molecule has 112 valence electrons. The zero-order valence-corrected chi connectivity index (χ0v) is 13.2. The van der Waals surface area contributed by atoms with Crippen molar-refractivity contribution in [1.82, 2.24) is 10.2 Å². The Labute approximate surface area is 119 Å². The monoisotopic (exact) mass is 268 g/mol. The van der Waals surface area contributed by atoms with Crippen LogP contribution in [0.2, 0.25) is 0 Å². The van der Waals surface area contributed by atoms with Crippen LogP contribution in [0.25, 0.3) is 0 Å². The number of ether oxygens (including phenoxy) is 1. The van der Waals surface area contributed by atoms with Crippen LogP contribution in [-0.4, -0.2) is 48.8 Å². The van der Waals surface area contributed by atoms with Gasteiger partial charge in [-0.2, -0.15) is 0 Å². The number of rotatable bonds is 4. The molecule has 3 nitrogen and oxygen atoms in total. The minimum Gasteiger partial charge on any atom is -0.374 e. The Bertz CT molecular complexity index is 269. The van der Waals surface area contributed by atoms with Gasteiger partial charge in [0.05, 0.1) is 12.2 Å². The predicted molar refractivity (Wildman–Crippen MR) is 80.5 cm³/mol. The van der Waals surface area contributed by atoms with Gasteiger partial charge in [-0.05, 0) is 52.0 Å². The summed E-state index contributed by atoms with van der Waals surface area (Å²) in [5.74, 6) is 0.774. The van der Waals surface area contributed by atoms with Gasteiger partial charge >= 0.3 is 0 Å². The Kier molecular flexibility index (Phi) is 5.67. The zero-order valence-electron chi connectivity index (χ0n) is 13.2. The van der Waals surface area contributed by atoms with Crippen LogP contribution < -0.4 is 5.32 Å². The smallest absolute Gasteiger partial charge is 0.0706 e. The van der Waals surface area contributed by atoms with Gasteiger partial charge in [0.2, 0.25) is 0 Å². The molecule has 2 aliphatic heterocycles. The first-order valence-electron chi connectivity index (χ1n) is 8.17. The number of hydrogen-bond donors (Lipinski definition) is 1. The van der Waals surface area contributed by atoms with E-state index in [1.54, 1.807) is 0 Å². The van der Waals surface area contributed by atoms with E-state index in [0.717, 1.165) is 19.0 Å². The minimum absolute atomic E-state index is 0.468. The molecule has 0 radical (unpaired) electrons. The van der Waals surface area contributed by atoms with Crippen molar-refractivity contribution < 1.29 is 4.74 Å². The van der Waals surface area contributed by atoms with Crippen LogP contribution in [0.5, 0.6) is 0 Å². The molecule has 0 bridgehead atoms. The fourth-order valence-corrected chi connectivity index (χ4v) is 3.47. The molecule has 2 heterocycles. The van der Waals surface area contributed by atoms with E-state index in [0.29, 0.717) is 24.3 Å². The minimum atomic E-state index is 0.468. The molecule has 2 rings (SSSR count). The van der Waals surface area contributed by atoms with Crippen LogP contribution in [-0.2, 0) is 4.74 Å². The second-order valence-corrected chi connectivity index (χ2v) is 7.02. The molecule has 4 atom stereocenters. The summed E-state index contributed by atoms with van der Waals surface area (Å²) in [6.07, 6.45) is 5.96. The van der Waals surface area contributed by atoms with Gasteiger partial charge in [-0.3, -0.25) is 4.90 Å². The first-order chi connectivity index (χ1) is 9.04. The molecular weight excluding hydrogens is 236 g/mol. The highest BCUT2D eigenvalue weighted by Crippen LogP contribution is 2.22. The van der Waals surface area contributed by atoms with Crippen molar-refractivity contribution in [1.29, 1.82) is 0 Å². The van der Waals surface area contributed by atoms with Gasteiger partial charge in [-0.15, -0.1) is 0 Å². The normalized spacial score (nSPS) is 37.7. The van der Waals surface area contributed by atoms with Crippen LogP contribution >= 0.6 is 0 Å². The topological polar surface area (TPSA) is 24.5 Å². The first-order valence-corrected chi connectivity index (χ1v) is 8.17. The van der Waals surface area contributed by atoms with E-state index in [1.807, 2.05) is 0 Å². The lowest BCUT2D eigenvalue weighted by Crippen LogP contribution is -2.44. The summed E-state index contributed by atoms with van der Waals surface area (Å²) in [7, 11) is 0. The second kappa shape index (κ2) is 7.05. The fraction of sp³-hybridized carbons (Fsp3) is 1.00. The summed E-state index contributed by atoms with van der Waals surface area (Å²) in [4.78, 5) is 2.66. The predicted octanol–water partition coefficient (Wildman–Crippen LogP) is 2.65. The van der Waals surface area contributed by atoms with Crippen molar-refractivity contribution in [3.63, 3.8) is 0 Å². The molecule has 4 unspecified atom stereocenters. The molecule has 0 spiro atoms. The van der Waals surface area contributed by atoms with E-state index in [4.69, 9.17) is 4.74 Å². The summed E-state index contributed by atoms with van der Waals surface area (Å²) in [6.45, 7) is 12.7. The molecule has 2 fully saturated rings. The van der Waals surface area contributed by atoms with E-state index in [2.05, 4.69) is 37.9 Å². The highest BCUT2D eigenvalue weighted by Gasteiger charge is 2.29. The van der Waals surface area contributed by atoms with Gasteiger partial charge < -0.3 is 10.1 Å². The molecule has 2 aliphatic rings. The number of nitrogens with one attached hydrogen (secondary N) is 1. The van der Waals surface area contributed by atoms with Gasteiger partial charge in [0.25, 0.3) is 0 Å². The molecule has 3 heteroatoms. The third kappa shape index (κ3) is 4.73. The Morgan fingerprint density at radius 1 is 1.21 bits per heavy atom. The molecule has 1 N–H and O–H groups in total. The van der Waals surface area contributed by atoms with Crippen LogP contribution in [0.3, 0.4) is 0 Å². The molecule has 0 aromatic rings. The average molecular weight is 268 g/mol. The molecular formula is C16H32N2O. The first kappa shape index (κ1) is 15.3. The lowest BCUT2D eigenvalue weighted by molar-refractivity contribution is 0.0223. The molecule has 2 saturated heterocycles. The molecule has 19 heavy (non-hydrogen) atoms. The quantitative estimate of drug-likeness (QED) is 0.848. The van der Waals surface area contributed by atoms with Gasteiger partial charge in [0.1, 0.15) is 0 Å². The Balaban J connectivity index is 1.87. The average Bonchev–Trinajstić information content (AvgIpc) is 2.64. The summed E-state index contributed by atoms with van der Waals surface area (Å²) < 4.78 is 6.01. The van der Waals surface area contributed by atoms with Crippen molar-refractivity contribution in [2.75, 3.05) is 19.6 Å². The van der Waals surface area contributed by atoms with Crippen molar-refractivity contribution in [2.24, 2.45) is 5.92 Å². The maximum absolute atomic E-state index is 6.01. The Morgan fingerprint density at radius 2 is 2.00 bits per heavy atom. The summed E-state index contributed by atoms with van der Waals surface area (Å²) >= 11 is 0. The fourth-order valence-electron chi connectivity index (χ4n) is 3.47. The third-order valence-electron chi connectivity index (χ3n) is 4.59. The van der Waals surface area contributed by atoms with Crippen LogP contribution in [0.1, 0.15) is 53.4 Å². The summed E-state index contributed by atoms with van der Waals surface area (Å²) in [5, 5.41) is 3.72. The van der Waals surface area contributed by atoms with Crippen molar-refractivity contribution >= 4 is 0 Å². The maximum atomic E-state index is 6.01. The van der Waals surface area contributed by atoms with E-state index < -0.39 is 0 Å². The van der Waals surface area contributed by atoms with Gasteiger partial charge in [0.15, 0.2) is 0 Å². The SMILES string of the molecule is CC(C)CC1CN(CC2CCC(C)O2)C(C)CCN1. The van der Waals surface area contributed by atoms with Crippen LogP contribution in [0, 0.1) is 5.92 Å². The number of hydrogen-bond acceptors (Lipinski definition) is 3. The molecule has 0 aliphatic carbocycles. The molecule has 0 aromatic heterocycles. The van der Waals surface area contributed by atoms with Crippen LogP contribution in [0.15, 0.2) is 0 Å². The maximum Gasteiger partial charge on any atom is 0.0706 e. The molecule has 0 aromatic carbocycles.